The zero-order valence-electron chi connectivity index (χ0n) is 10.8. The Morgan fingerprint density at radius 3 is 2.30 bits per heavy atom. The minimum Gasteiger partial charge on any atom is -0.376 e. The highest BCUT2D eigenvalue weighted by Crippen LogP contribution is 2.23. The van der Waals surface area contributed by atoms with Gasteiger partial charge in [-0.3, -0.25) is 4.68 Å². The third-order valence-electron chi connectivity index (χ3n) is 2.78. The van der Waals surface area contributed by atoms with Crippen molar-refractivity contribution in [2.45, 2.75) is 19.9 Å². The summed E-state index contributed by atoms with van der Waals surface area (Å²) in [5.74, 6) is -6.47. The minimum atomic E-state index is -1.69. The van der Waals surface area contributed by atoms with Crippen LogP contribution < -0.4 is 5.32 Å². The van der Waals surface area contributed by atoms with Crippen LogP contribution in [0.3, 0.4) is 0 Å². The molecule has 2 aromatic rings. The van der Waals surface area contributed by atoms with Gasteiger partial charge in [-0.25, -0.2) is 0 Å². The van der Waals surface area contributed by atoms with Gasteiger partial charge in [-0.2, -0.15) is 27.6 Å². The molecule has 8 heteroatoms. The zero-order valence-corrected chi connectivity index (χ0v) is 10.8. The number of rotatable bonds is 4. The molecule has 0 bridgehead atoms. The number of halogens is 4. The number of nitrogens with one attached hydrogen (secondary N) is 1. The fourth-order valence-corrected chi connectivity index (χ4v) is 1.85. The Labute approximate surface area is 112 Å². The predicted molar refractivity (Wildman–Crippen MR) is 64.0 cm³/mol. The Morgan fingerprint density at radius 2 is 1.75 bits per heavy atom. The fourth-order valence-electron chi connectivity index (χ4n) is 1.85. The van der Waals surface area contributed by atoms with Crippen molar-refractivity contribution in [1.82, 2.24) is 14.8 Å². The monoisotopic (exact) mass is 288 g/mol. The molecule has 4 nitrogen and oxygen atoms in total. The normalized spacial score (nSPS) is 10.9. The van der Waals surface area contributed by atoms with E-state index in [0.29, 0.717) is 12.0 Å². The lowest BCUT2D eigenvalue weighted by atomic mass is 10.2. The molecular weight excluding hydrogens is 276 g/mol. The lowest BCUT2D eigenvalue weighted by molar-refractivity contribution is 0.410. The standard InChI is InChI=1S/C12H12F4N4/c1-3-7-6(5-20(2)19-7)4-17-10-8(13)11(15)18-12(16)9(10)14/h5H,3-4H2,1-2H3,(H,17,18). The minimum absolute atomic E-state index is 0.00620. The Hall–Kier alpha value is -2.12. The number of hydrogen-bond donors (Lipinski definition) is 1. The molecule has 0 aliphatic heterocycles. The molecule has 0 aromatic carbocycles. The number of aryl methyl sites for hydroxylation is 2. The van der Waals surface area contributed by atoms with E-state index in [1.165, 1.54) is 0 Å². The molecule has 0 saturated carbocycles. The highest BCUT2D eigenvalue weighted by atomic mass is 19.2. The van der Waals surface area contributed by atoms with Crippen molar-refractivity contribution in [2.75, 3.05) is 5.32 Å². The third kappa shape index (κ3) is 2.59. The second-order valence-electron chi connectivity index (χ2n) is 4.18. The van der Waals surface area contributed by atoms with E-state index < -0.39 is 29.2 Å². The summed E-state index contributed by atoms with van der Waals surface area (Å²) in [6, 6.07) is 0. The molecule has 0 atom stereocenters. The van der Waals surface area contributed by atoms with Crippen LogP contribution in [-0.4, -0.2) is 14.8 Å². The van der Waals surface area contributed by atoms with Gasteiger partial charge >= 0.3 is 0 Å². The largest absolute Gasteiger partial charge is 0.376 e. The van der Waals surface area contributed by atoms with Crippen LogP contribution in [0, 0.1) is 23.5 Å². The maximum atomic E-state index is 13.4. The van der Waals surface area contributed by atoms with Crippen LogP contribution in [0.2, 0.25) is 0 Å². The second-order valence-corrected chi connectivity index (χ2v) is 4.18. The molecule has 0 amide bonds. The smallest absolute Gasteiger partial charge is 0.253 e. The number of pyridine rings is 1. The van der Waals surface area contributed by atoms with Crippen molar-refractivity contribution in [3.05, 3.63) is 41.0 Å². The van der Waals surface area contributed by atoms with Crippen molar-refractivity contribution in [1.29, 1.82) is 0 Å². The van der Waals surface area contributed by atoms with Crippen LogP contribution in [0.1, 0.15) is 18.2 Å². The van der Waals surface area contributed by atoms with Gasteiger partial charge in [0.05, 0.1) is 5.69 Å². The van der Waals surface area contributed by atoms with Gasteiger partial charge in [0.15, 0.2) is 0 Å². The summed E-state index contributed by atoms with van der Waals surface area (Å²) in [6.45, 7) is 1.87. The molecule has 2 rings (SSSR count). The molecule has 1 N–H and O–H groups in total. The van der Waals surface area contributed by atoms with Gasteiger partial charge in [-0.05, 0) is 6.42 Å². The van der Waals surface area contributed by atoms with Crippen molar-refractivity contribution in [3.8, 4) is 0 Å². The quantitative estimate of drug-likeness (QED) is 0.694. The van der Waals surface area contributed by atoms with Gasteiger partial charge in [0.1, 0.15) is 5.69 Å². The SMILES string of the molecule is CCc1nn(C)cc1CNc1c(F)c(F)nc(F)c1F. The molecule has 0 radical (unpaired) electrons. The summed E-state index contributed by atoms with van der Waals surface area (Å²) in [6.07, 6.45) is 2.29. The van der Waals surface area contributed by atoms with E-state index >= 15 is 0 Å². The van der Waals surface area contributed by atoms with E-state index in [9.17, 15) is 17.6 Å². The molecule has 0 fully saturated rings. The van der Waals surface area contributed by atoms with Crippen molar-refractivity contribution in [3.63, 3.8) is 0 Å². The van der Waals surface area contributed by atoms with Crippen LogP contribution in [0.25, 0.3) is 0 Å². The maximum Gasteiger partial charge on any atom is 0.253 e. The summed E-state index contributed by atoms with van der Waals surface area (Å²) >= 11 is 0. The Morgan fingerprint density at radius 1 is 1.15 bits per heavy atom. The predicted octanol–water partition coefficient (Wildman–Crippen LogP) is 2.55. The van der Waals surface area contributed by atoms with Gasteiger partial charge < -0.3 is 5.32 Å². The highest BCUT2D eigenvalue weighted by Gasteiger charge is 2.20. The summed E-state index contributed by atoms with van der Waals surface area (Å²) in [7, 11) is 1.70. The van der Waals surface area contributed by atoms with Crippen molar-refractivity contribution in [2.24, 2.45) is 7.05 Å². The number of hydrogen-bond acceptors (Lipinski definition) is 3. The summed E-state index contributed by atoms with van der Waals surface area (Å²) in [5.41, 5.74) is 0.545. The maximum absolute atomic E-state index is 13.4. The first-order valence-corrected chi connectivity index (χ1v) is 5.89. The third-order valence-corrected chi connectivity index (χ3v) is 2.78. The zero-order chi connectivity index (χ0) is 14.9. The van der Waals surface area contributed by atoms with Gasteiger partial charge in [-0.1, -0.05) is 6.92 Å². The number of anilines is 1. The van der Waals surface area contributed by atoms with E-state index in [2.05, 4.69) is 15.4 Å². The van der Waals surface area contributed by atoms with Crippen LogP contribution in [0.15, 0.2) is 6.20 Å². The van der Waals surface area contributed by atoms with E-state index in [1.54, 1.807) is 17.9 Å². The van der Waals surface area contributed by atoms with E-state index in [-0.39, 0.29) is 6.54 Å². The van der Waals surface area contributed by atoms with Gasteiger partial charge in [0.25, 0.3) is 11.9 Å². The average Bonchev–Trinajstić information content (AvgIpc) is 2.77. The summed E-state index contributed by atoms with van der Waals surface area (Å²) < 4.78 is 54.3. The molecule has 20 heavy (non-hydrogen) atoms. The lowest BCUT2D eigenvalue weighted by Crippen LogP contribution is -2.09. The van der Waals surface area contributed by atoms with E-state index in [1.807, 2.05) is 6.92 Å². The highest BCUT2D eigenvalue weighted by molar-refractivity contribution is 5.46. The molecule has 0 unspecified atom stereocenters. The van der Waals surface area contributed by atoms with Gasteiger partial charge in [-0.15, -0.1) is 0 Å². The van der Waals surface area contributed by atoms with Crippen molar-refractivity contribution >= 4 is 5.69 Å². The van der Waals surface area contributed by atoms with E-state index in [4.69, 9.17) is 0 Å². The molecule has 2 aromatic heterocycles. The molecule has 2 heterocycles. The molecular formula is C12H12F4N4. The second kappa shape index (κ2) is 5.48. The molecule has 0 spiro atoms. The van der Waals surface area contributed by atoms with Crippen LogP contribution in [-0.2, 0) is 20.0 Å². The van der Waals surface area contributed by atoms with Crippen LogP contribution in [0.5, 0.6) is 0 Å². The van der Waals surface area contributed by atoms with Crippen LogP contribution in [0.4, 0.5) is 23.2 Å². The Kier molecular flexibility index (Phi) is 3.91. The van der Waals surface area contributed by atoms with Gasteiger partial charge in [0.2, 0.25) is 11.6 Å². The number of aromatic nitrogens is 3. The Balaban J connectivity index is 2.27. The molecule has 108 valence electrons. The first-order valence-electron chi connectivity index (χ1n) is 5.89. The number of nitrogens with zero attached hydrogens (tertiary/aromatic N) is 3. The first kappa shape index (κ1) is 14.3. The molecule has 0 saturated heterocycles. The van der Waals surface area contributed by atoms with Crippen LogP contribution >= 0.6 is 0 Å². The lowest BCUT2D eigenvalue weighted by Gasteiger charge is -2.09. The summed E-state index contributed by atoms with van der Waals surface area (Å²) in [4.78, 5) is 2.49. The average molecular weight is 288 g/mol. The molecule has 0 aliphatic rings. The first-order chi connectivity index (χ1) is 9.43. The topological polar surface area (TPSA) is 42.7 Å². The van der Waals surface area contributed by atoms with E-state index in [0.717, 1.165) is 5.69 Å². The van der Waals surface area contributed by atoms with Gasteiger partial charge in [0, 0.05) is 25.4 Å². The Bertz CT molecular complexity index is 613. The molecule has 0 aliphatic carbocycles. The van der Waals surface area contributed by atoms with Crippen molar-refractivity contribution < 1.29 is 17.6 Å². The fraction of sp³-hybridized carbons (Fsp3) is 0.333. The summed E-state index contributed by atoms with van der Waals surface area (Å²) in [5, 5.41) is 6.49.